The first-order chi connectivity index (χ1) is 10.3. The minimum absolute atomic E-state index is 0.0294. The monoisotopic (exact) mass is 327 g/mol. The van der Waals surface area contributed by atoms with Crippen LogP contribution < -0.4 is 15.8 Å². The van der Waals surface area contributed by atoms with Crippen LogP contribution in [-0.4, -0.2) is 42.8 Å². The first kappa shape index (κ1) is 17.9. The zero-order chi connectivity index (χ0) is 16.9. The Hall–Kier alpha value is -2.12. The molecular formula is C14H18ClN3O4. The largest absolute Gasteiger partial charge is 0.495 e. The number of nitrogens with two attached hydrogens (primary N) is 1. The van der Waals surface area contributed by atoms with Crippen LogP contribution in [0.2, 0.25) is 5.02 Å². The molecule has 0 saturated carbocycles. The lowest BCUT2D eigenvalue weighted by Gasteiger charge is -2.18. The normalized spacial score (nSPS) is 10.0. The number of halogens is 1. The van der Waals surface area contributed by atoms with Crippen LogP contribution in [0.3, 0.4) is 0 Å². The maximum atomic E-state index is 12.0. The van der Waals surface area contributed by atoms with Crippen LogP contribution in [0.15, 0.2) is 12.1 Å². The number of nitrogens with zero attached hydrogens (tertiary/aromatic N) is 1. The van der Waals surface area contributed by atoms with Crippen molar-refractivity contribution in [2.45, 2.75) is 13.8 Å². The standard InChI is InChI=1S/C14H18ClN3O4/c1-8-6-11(12(22-3)7-10(8)15)17-13(20)14(21)18(5-4-16)9(2)19/h6-7H,4-5,16H2,1-3H3,(H,17,20). The molecule has 0 atom stereocenters. The highest BCUT2D eigenvalue weighted by Gasteiger charge is 2.25. The number of aryl methyl sites for hydroxylation is 1. The second kappa shape index (κ2) is 7.77. The number of anilines is 1. The van der Waals surface area contributed by atoms with Gasteiger partial charge in [0.15, 0.2) is 0 Å². The van der Waals surface area contributed by atoms with Crippen LogP contribution in [0.1, 0.15) is 12.5 Å². The average Bonchev–Trinajstić information content (AvgIpc) is 2.47. The molecule has 0 aliphatic carbocycles. The first-order valence-corrected chi connectivity index (χ1v) is 6.87. The predicted octanol–water partition coefficient (Wildman–Crippen LogP) is 0.929. The molecule has 8 heteroatoms. The topological polar surface area (TPSA) is 102 Å². The molecule has 7 nitrogen and oxygen atoms in total. The van der Waals surface area contributed by atoms with E-state index in [0.29, 0.717) is 22.0 Å². The Bertz CT molecular complexity index is 604. The van der Waals surface area contributed by atoms with Crippen molar-refractivity contribution in [3.63, 3.8) is 0 Å². The molecule has 0 aliphatic heterocycles. The van der Waals surface area contributed by atoms with E-state index < -0.39 is 17.7 Å². The molecule has 120 valence electrons. The highest BCUT2D eigenvalue weighted by atomic mass is 35.5. The SMILES string of the molecule is COc1cc(Cl)c(C)cc1NC(=O)C(=O)N(CCN)C(C)=O. The van der Waals surface area contributed by atoms with E-state index in [0.717, 1.165) is 4.90 Å². The van der Waals surface area contributed by atoms with Crippen LogP contribution in [0.4, 0.5) is 5.69 Å². The van der Waals surface area contributed by atoms with Crippen LogP contribution in [-0.2, 0) is 14.4 Å². The summed E-state index contributed by atoms with van der Waals surface area (Å²) in [6.07, 6.45) is 0. The van der Waals surface area contributed by atoms with Gasteiger partial charge in [-0.2, -0.15) is 0 Å². The van der Waals surface area contributed by atoms with Gasteiger partial charge < -0.3 is 15.8 Å². The summed E-state index contributed by atoms with van der Waals surface area (Å²) in [4.78, 5) is 36.2. The van der Waals surface area contributed by atoms with Gasteiger partial charge in [-0.25, -0.2) is 0 Å². The number of imide groups is 1. The van der Waals surface area contributed by atoms with E-state index >= 15 is 0 Å². The van der Waals surface area contributed by atoms with Crippen molar-refractivity contribution in [3.8, 4) is 5.75 Å². The average molecular weight is 328 g/mol. The number of carbonyl (C=O) groups excluding carboxylic acids is 3. The number of methoxy groups -OCH3 is 1. The highest BCUT2D eigenvalue weighted by molar-refractivity contribution is 6.42. The van der Waals surface area contributed by atoms with E-state index in [1.165, 1.54) is 20.1 Å². The zero-order valence-corrected chi connectivity index (χ0v) is 13.4. The Morgan fingerprint density at radius 2 is 2.00 bits per heavy atom. The van der Waals surface area contributed by atoms with E-state index in [1.807, 2.05) is 0 Å². The van der Waals surface area contributed by atoms with Gasteiger partial charge in [-0.1, -0.05) is 11.6 Å². The molecule has 0 spiro atoms. The fourth-order valence-corrected chi connectivity index (χ4v) is 1.91. The van der Waals surface area contributed by atoms with Gasteiger partial charge in [0.05, 0.1) is 12.8 Å². The van der Waals surface area contributed by atoms with Gasteiger partial charge >= 0.3 is 11.8 Å². The molecule has 0 aromatic heterocycles. The van der Waals surface area contributed by atoms with Gasteiger partial charge in [-0.3, -0.25) is 19.3 Å². The number of nitrogens with one attached hydrogen (secondary N) is 1. The van der Waals surface area contributed by atoms with E-state index in [4.69, 9.17) is 22.1 Å². The Morgan fingerprint density at radius 1 is 1.36 bits per heavy atom. The number of carbonyl (C=O) groups is 3. The van der Waals surface area contributed by atoms with Gasteiger partial charge in [0, 0.05) is 31.1 Å². The van der Waals surface area contributed by atoms with Crippen molar-refractivity contribution >= 4 is 35.0 Å². The molecule has 0 aliphatic rings. The van der Waals surface area contributed by atoms with Gasteiger partial charge in [0.2, 0.25) is 5.91 Å². The lowest BCUT2D eigenvalue weighted by Crippen LogP contribution is -2.44. The van der Waals surface area contributed by atoms with E-state index in [2.05, 4.69) is 5.32 Å². The Balaban J connectivity index is 2.99. The third-order valence-corrected chi connectivity index (χ3v) is 3.31. The molecule has 0 fully saturated rings. The molecule has 22 heavy (non-hydrogen) atoms. The van der Waals surface area contributed by atoms with E-state index in [9.17, 15) is 14.4 Å². The second-order valence-electron chi connectivity index (χ2n) is 4.52. The van der Waals surface area contributed by atoms with Gasteiger partial charge in [-0.15, -0.1) is 0 Å². The van der Waals surface area contributed by atoms with Crippen LogP contribution in [0, 0.1) is 6.92 Å². The smallest absolute Gasteiger partial charge is 0.318 e. The Labute approximate surface area is 133 Å². The summed E-state index contributed by atoms with van der Waals surface area (Å²) in [7, 11) is 1.41. The van der Waals surface area contributed by atoms with Crippen LogP contribution in [0.5, 0.6) is 5.75 Å². The molecule has 3 amide bonds. The molecule has 0 saturated heterocycles. The number of rotatable bonds is 4. The Morgan fingerprint density at radius 3 is 2.50 bits per heavy atom. The molecule has 3 N–H and O–H groups in total. The third kappa shape index (κ3) is 4.19. The van der Waals surface area contributed by atoms with E-state index in [-0.39, 0.29) is 13.1 Å². The van der Waals surface area contributed by atoms with Crippen molar-refractivity contribution in [2.75, 3.05) is 25.5 Å². The lowest BCUT2D eigenvalue weighted by molar-refractivity contribution is -0.149. The van der Waals surface area contributed by atoms with Gasteiger partial charge in [-0.05, 0) is 18.6 Å². The van der Waals surface area contributed by atoms with Crippen LogP contribution >= 0.6 is 11.6 Å². The zero-order valence-electron chi connectivity index (χ0n) is 12.6. The number of ether oxygens (including phenoxy) is 1. The molecule has 0 radical (unpaired) electrons. The highest BCUT2D eigenvalue weighted by Crippen LogP contribution is 2.30. The summed E-state index contributed by atoms with van der Waals surface area (Å²) < 4.78 is 5.11. The molecule has 1 aromatic rings. The van der Waals surface area contributed by atoms with Crippen molar-refractivity contribution in [1.29, 1.82) is 0 Å². The van der Waals surface area contributed by atoms with E-state index in [1.54, 1.807) is 13.0 Å². The summed E-state index contributed by atoms with van der Waals surface area (Å²) in [5.41, 5.74) is 6.32. The van der Waals surface area contributed by atoms with Gasteiger partial charge in [0.25, 0.3) is 0 Å². The van der Waals surface area contributed by atoms with Crippen LogP contribution in [0.25, 0.3) is 0 Å². The minimum Gasteiger partial charge on any atom is -0.495 e. The Kier molecular flexibility index (Phi) is 6.33. The van der Waals surface area contributed by atoms with Crippen molar-refractivity contribution in [1.82, 2.24) is 4.90 Å². The summed E-state index contributed by atoms with van der Waals surface area (Å²) in [5, 5.41) is 2.88. The third-order valence-electron chi connectivity index (χ3n) is 2.90. The maximum Gasteiger partial charge on any atom is 0.318 e. The van der Waals surface area contributed by atoms with Crippen molar-refractivity contribution < 1.29 is 19.1 Å². The first-order valence-electron chi connectivity index (χ1n) is 6.49. The fourth-order valence-electron chi connectivity index (χ4n) is 1.76. The number of amides is 3. The molecule has 0 unspecified atom stereocenters. The maximum absolute atomic E-state index is 12.0. The van der Waals surface area contributed by atoms with Crippen molar-refractivity contribution in [2.24, 2.45) is 5.73 Å². The molecular weight excluding hydrogens is 310 g/mol. The molecule has 0 bridgehead atoms. The van der Waals surface area contributed by atoms with Crippen molar-refractivity contribution in [3.05, 3.63) is 22.7 Å². The minimum atomic E-state index is -0.979. The quantitative estimate of drug-likeness (QED) is 0.801. The molecule has 1 rings (SSSR count). The van der Waals surface area contributed by atoms with Gasteiger partial charge in [0.1, 0.15) is 5.75 Å². The number of benzene rings is 1. The number of hydrogen-bond donors (Lipinski definition) is 2. The second-order valence-corrected chi connectivity index (χ2v) is 4.93. The summed E-state index contributed by atoms with van der Waals surface area (Å²) in [5.74, 6) is -2.17. The summed E-state index contributed by atoms with van der Waals surface area (Å²) >= 11 is 5.97. The predicted molar refractivity (Wildman–Crippen MR) is 82.8 cm³/mol. The molecule has 0 heterocycles. The summed E-state index contributed by atoms with van der Waals surface area (Å²) in [6.45, 7) is 2.98. The summed E-state index contributed by atoms with van der Waals surface area (Å²) in [6, 6.07) is 3.10. The lowest BCUT2D eigenvalue weighted by atomic mass is 10.2. The number of hydrogen-bond acceptors (Lipinski definition) is 5. The fraction of sp³-hybridized carbons (Fsp3) is 0.357. The molecule has 1 aromatic carbocycles.